The van der Waals surface area contributed by atoms with Gasteiger partial charge >= 0.3 is 47.6 Å². The van der Waals surface area contributed by atoms with Crippen LogP contribution in [0.3, 0.4) is 0 Å². The first-order chi connectivity index (χ1) is 22.1. The third kappa shape index (κ3) is 8.29. The number of β-lactam (4-membered cyclic amide) rings is 1. The molecule has 47 heavy (non-hydrogen) atoms. The molecule has 2 aromatic rings. The van der Waals surface area contributed by atoms with E-state index in [1.54, 1.807) is 30.3 Å². The van der Waals surface area contributed by atoms with Gasteiger partial charge in [0.05, 0.1) is 31.2 Å². The number of rotatable bonds is 10. The number of esters is 1. The summed E-state index contributed by atoms with van der Waals surface area (Å²) in [6.07, 6.45) is 4.78. The Labute approximate surface area is 296 Å². The van der Waals surface area contributed by atoms with Gasteiger partial charge in [-0.2, -0.15) is 5.10 Å². The number of carboxylic acids is 1. The molecule has 1 unspecified atom stereocenters. The van der Waals surface area contributed by atoms with Crippen LogP contribution >= 0.6 is 11.8 Å². The van der Waals surface area contributed by atoms with Crippen LogP contribution in [0.2, 0.25) is 0 Å². The van der Waals surface area contributed by atoms with Gasteiger partial charge in [-0.1, -0.05) is 54.6 Å². The van der Waals surface area contributed by atoms with Gasteiger partial charge in [-0.05, 0) is 23.3 Å². The van der Waals surface area contributed by atoms with Crippen molar-refractivity contribution in [1.82, 2.24) is 20.1 Å². The molecule has 238 valence electrons. The number of ether oxygens (including phenoxy) is 1. The van der Waals surface area contributed by atoms with Crippen molar-refractivity contribution in [2.24, 2.45) is 5.10 Å². The molecule has 3 aliphatic heterocycles. The van der Waals surface area contributed by atoms with E-state index in [0.717, 1.165) is 15.4 Å². The van der Waals surface area contributed by atoms with Crippen molar-refractivity contribution in [3.8, 4) is 0 Å². The van der Waals surface area contributed by atoms with Crippen molar-refractivity contribution in [3.63, 3.8) is 0 Å². The summed E-state index contributed by atoms with van der Waals surface area (Å²) in [5, 5.41) is 21.8. The number of anilines is 1. The number of fused-ring (bicyclic) bond motifs is 1. The molecule has 0 radical (unpaired) electrons. The van der Waals surface area contributed by atoms with E-state index in [4.69, 9.17) is 4.74 Å². The molecule has 3 heterocycles. The summed E-state index contributed by atoms with van der Waals surface area (Å²) < 4.78 is 4.91. The van der Waals surface area contributed by atoms with Gasteiger partial charge < -0.3 is 25.3 Å². The number of carbonyl (C=O) groups excluding carboxylic acids is 6. The number of imide groups is 1. The monoisotopic (exact) mass is 668 g/mol. The van der Waals surface area contributed by atoms with Gasteiger partial charge in [0, 0.05) is 30.2 Å². The molecular formula is C31H29N6NaO8S. The minimum atomic E-state index is -1.58. The molecule has 14 nitrogen and oxygen atoms in total. The Morgan fingerprint density at radius 2 is 1.79 bits per heavy atom. The third-order valence-corrected chi connectivity index (χ3v) is 8.57. The maximum atomic E-state index is 13.0. The number of allylic oxidation sites excluding steroid dienone is 1. The molecule has 3 aliphatic rings. The Hall–Kier alpha value is -4.44. The number of carboxylic acid groups (broad SMARTS) is 1. The van der Waals surface area contributed by atoms with Crippen molar-refractivity contribution in [1.29, 1.82) is 0 Å². The zero-order chi connectivity index (χ0) is 32.8. The van der Waals surface area contributed by atoms with Crippen molar-refractivity contribution < 1.29 is 68.2 Å². The predicted octanol–water partition coefficient (Wildman–Crippen LogP) is -1.83. The maximum absolute atomic E-state index is 13.0. The zero-order valence-corrected chi connectivity index (χ0v) is 28.4. The molecule has 2 fully saturated rings. The van der Waals surface area contributed by atoms with E-state index in [1.807, 2.05) is 36.4 Å². The number of thioether (sulfide) groups is 1. The molecule has 0 spiro atoms. The zero-order valence-electron chi connectivity index (χ0n) is 25.6. The Bertz CT molecular complexity index is 1670. The first-order valence-corrected chi connectivity index (χ1v) is 15.2. The number of nitrogens with one attached hydrogen (secondary N) is 2. The summed E-state index contributed by atoms with van der Waals surface area (Å²) in [5.41, 5.74) is 1.56. The summed E-state index contributed by atoms with van der Waals surface area (Å²) in [4.78, 5) is 76.8. The van der Waals surface area contributed by atoms with Crippen molar-refractivity contribution in [2.45, 2.75) is 24.8 Å². The average molecular weight is 669 g/mol. The summed E-state index contributed by atoms with van der Waals surface area (Å²) in [6.45, 7) is 1.21. The number of nitrogens with zero attached hydrogens (tertiary/aromatic N) is 4. The minimum Gasteiger partial charge on any atom is -0.543 e. The Morgan fingerprint density at radius 3 is 2.51 bits per heavy atom. The third-order valence-electron chi connectivity index (χ3n) is 7.23. The van der Waals surface area contributed by atoms with E-state index in [0.29, 0.717) is 11.3 Å². The number of amides is 6. The predicted molar refractivity (Wildman–Crippen MR) is 166 cm³/mol. The second-order valence-corrected chi connectivity index (χ2v) is 11.4. The van der Waals surface area contributed by atoms with E-state index in [2.05, 4.69) is 15.7 Å². The first-order valence-electron chi connectivity index (χ1n) is 14.2. The van der Waals surface area contributed by atoms with Crippen LogP contribution in [0.1, 0.15) is 18.1 Å². The average Bonchev–Trinajstić information content (AvgIpc) is 3.41. The number of aliphatic carboxylic acids is 1. The molecule has 0 aliphatic carbocycles. The molecule has 0 saturated carbocycles. The number of hydrazone groups is 1. The van der Waals surface area contributed by atoms with E-state index >= 15 is 0 Å². The number of para-hydroxylation sites is 1. The second kappa shape index (κ2) is 15.9. The van der Waals surface area contributed by atoms with Gasteiger partial charge in [-0.15, -0.1) is 11.8 Å². The SMILES string of the molecule is CC(=O)OCC1=C(C(=O)[O-])N2C(=O)C(NC(=O)Cc3ccccc3NC(=O)N3CCN(/N=C/C=C/c4ccccc4)C3=O)[C@H]2SC1.[Na+]. The Balaban J connectivity index is 0.00000500. The van der Waals surface area contributed by atoms with Crippen LogP contribution in [0.25, 0.3) is 6.08 Å². The van der Waals surface area contributed by atoms with Gasteiger partial charge in [0.25, 0.3) is 5.91 Å². The Morgan fingerprint density at radius 1 is 1.06 bits per heavy atom. The summed E-state index contributed by atoms with van der Waals surface area (Å²) in [5.74, 6) is -3.19. The van der Waals surface area contributed by atoms with Crippen LogP contribution in [-0.2, 0) is 30.3 Å². The second-order valence-electron chi connectivity index (χ2n) is 10.3. The summed E-state index contributed by atoms with van der Waals surface area (Å²) in [7, 11) is 0. The van der Waals surface area contributed by atoms with E-state index < -0.39 is 47.2 Å². The van der Waals surface area contributed by atoms with Crippen molar-refractivity contribution in [3.05, 3.63) is 83.1 Å². The normalized spacial score (nSPS) is 19.0. The Kier molecular flexibility index (Phi) is 12.0. The fourth-order valence-corrected chi connectivity index (χ4v) is 6.33. The topological polar surface area (TPSA) is 181 Å². The van der Waals surface area contributed by atoms with Crippen LogP contribution < -0.4 is 45.3 Å². The number of carbonyl (C=O) groups is 6. The molecule has 2 saturated heterocycles. The van der Waals surface area contributed by atoms with Gasteiger partial charge in [0.1, 0.15) is 18.0 Å². The molecule has 6 amide bonds. The fourth-order valence-electron chi connectivity index (χ4n) is 5.01. The van der Waals surface area contributed by atoms with Gasteiger partial charge in [0.2, 0.25) is 5.91 Å². The van der Waals surface area contributed by atoms with Crippen molar-refractivity contribution >= 4 is 65.6 Å². The van der Waals surface area contributed by atoms with Crippen LogP contribution in [-0.4, -0.2) is 93.7 Å². The van der Waals surface area contributed by atoms with E-state index in [1.165, 1.54) is 29.9 Å². The molecule has 0 aromatic heterocycles. The summed E-state index contributed by atoms with van der Waals surface area (Å²) >= 11 is 1.22. The molecule has 2 atom stereocenters. The molecule has 0 bridgehead atoms. The maximum Gasteiger partial charge on any atom is 1.00 e. The first kappa shape index (κ1) is 35.4. The summed E-state index contributed by atoms with van der Waals surface area (Å²) in [6, 6.07) is 13.8. The van der Waals surface area contributed by atoms with Gasteiger partial charge in [-0.3, -0.25) is 19.3 Å². The minimum absolute atomic E-state index is 0. The van der Waals surface area contributed by atoms with Crippen LogP contribution in [0.4, 0.5) is 15.3 Å². The largest absolute Gasteiger partial charge is 1.00 e. The smallest absolute Gasteiger partial charge is 0.543 e. The molecular weight excluding hydrogens is 639 g/mol. The fraction of sp³-hybridized carbons (Fsp3) is 0.258. The molecule has 5 rings (SSSR count). The molecule has 2 N–H and O–H groups in total. The number of benzene rings is 2. The number of hydrogen-bond acceptors (Lipinski definition) is 10. The van der Waals surface area contributed by atoms with Crippen LogP contribution in [0.5, 0.6) is 0 Å². The standard InChI is InChI=1S/C31H30N6O8S.Na/c1-19(38)45-17-22-18-46-28-25(27(40)37(28)26(22)29(41)42)34-24(39)16-21-11-5-6-12-23(21)33-30(43)35-14-15-36(31(35)44)32-13-7-10-20-8-3-2-4-9-20;/h2-13,25,28H,14-18H2,1H3,(H,33,43)(H,34,39)(H,41,42);/q;+1/p-1/b10-7+,32-13+;/t25?,28-;/m1./s1. The van der Waals surface area contributed by atoms with Crippen LogP contribution in [0, 0.1) is 0 Å². The number of hydrogen-bond donors (Lipinski definition) is 2. The molecule has 16 heteroatoms. The number of urea groups is 2. The van der Waals surface area contributed by atoms with Gasteiger partial charge in [-0.25, -0.2) is 19.5 Å². The van der Waals surface area contributed by atoms with Crippen LogP contribution in [0.15, 0.2) is 77.0 Å². The molecule has 2 aromatic carbocycles. The van der Waals surface area contributed by atoms with E-state index in [-0.39, 0.29) is 72.7 Å². The van der Waals surface area contributed by atoms with Gasteiger partial charge in [0.15, 0.2) is 0 Å². The van der Waals surface area contributed by atoms with Crippen molar-refractivity contribution in [2.75, 3.05) is 30.8 Å². The van der Waals surface area contributed by atoms with E-state index in [9.17, 15) is 33.9 Å². The quantitative estimate of drug-likeness (QED) is 0.127.